The van der Waals surface area contributed by atoms with Gasteiger partial charge in [-0.3, -0.25) is 0 Å². The summed E-state index contributed by atoms with van der Waals surface area (Å²) in [5.41, 5.74) is 1.78. The Labute approximate surface area is 136 Å². The van der Waals surface area contributed by atoms with Gasteiger partial charge in [-0.05, 0) is 42.0 Å². The van der Waals surface area contributed by atoms with E-state index in [0.717, 1.165) is 0 Å². The molecule has 1 aliphatic rings. The average Bonchev–Trinajstić information content (AvgIpc) is 2.57. The molecule has 0 aliphatic carbocycles. The van der Waals surface area contributed by atoms with Crippen LogP contribution in [0.5, 0.6) is 0 Å². The molecule has 113 valence electrons. The Balaban J connectivity index is 2.24. The van der Waals surface area contributed by atoms with E-state index in [1.807, 2.05) is 0 Å². The molecule has 0 saturated heterocycles. The van der Waals surface area contributed by atoms with Crippen LogP contribution in [0.4, 0.5) is 4.39 Å². The normalized spacial score (nSPS) is 16.2. The van der Waals surface area contributed by atoms with E-state index in [9.17, 15) is 12.8 Å². The SMILES string of the molecule is O=S1(=O)Cc2cc(Cl)c(Cl)cc2C(c2ccc(F)cc2)=N[N]1. The number of nitrogens with zero attached hydrogens (tertiary/aromatic N) is 2. The van der Waals surface area contributed by atoms with Crippen LogP contribution in [0.25, 0.3) is 0 Å². The number of sulfonamides is 1. The molecule has 0 atom stereocenters. The Morgan fingerprint density at radius 2 is 1.68 bits per heavy atom. The van der Waals surface area contributed by atoms with Gasteiger partial charge in [0.1, 0.15) is 11.5 Å². The first-order valence-corrected chi connectivity index (χ1v) is 8.49. The van der Waals surface area contributed by atoms with Crippen molar-refractivity contribution in [2.45, 2.75) is 5.75 Å². The second-order valence-corrected chi connectivity index (χ2v) is 7.12. The molecule has 0 N–H and O–H groups in total. The maximum Gasteiger partial charge on any atom is 0.274 e. The van der Waals surface area contributed by atoms with Crippen LogP contribution in [0.1, 0.15) is 16.7 Å². The molecule has 1 radical (unpaired) electrons. The molecule has 1 heterocycles. The number of fused-ring (bicyclic) bond motifs is 1. The van der Waals surface area contributed by atoms with Crippen LogP contribution < -0.4 is 4.83 Å². The van der Waals surface area contributed by atoms with E-state index in [-0.39, 0.29) is 15.8 Å². The third-order valence-electron chi connectivity index (χ3n) is 3.12. The molecule has 1 aliphatic heterocycles. The van der Waals surface area contributed by atoms with Gasteiger partial charge in [-0.2, -0.15) is 0 Å². The van der Waals surface area contributed by atoms with Crippen LogP contribution >= 0.6 is 23.2 Å². The summed E-state index contributed by atoms with van der Waals surface area (Å²) in [6.45, 7) is 0. The first-order valence-electron chi connectivity index (χ1n) is 6.12. The highest BCUT2D eigenvalue weighted by Crippen LogP contribution is 2.30. The number of hydrogen-bond acceptors (Lipinski definition) is 3. The molecule has 0 saturated carbocycles. The quantitative estimate of drug-likeness (QED) is 0.785. The fourth-order valence-corrected chi connectivity index (χ4v) is 3.38. The van der Waals surface area contributed by atoms with Gasteiger partial charge >= 0.3 is 0 Å². The van der Waals surface area contributed by atoms with Gasteiger partial charge < -0.3 is 0 Å². The maximum absolute atomic E-state index is 13.1. The highest BCUT2D eigenvalue weighted by molar-refractivity contribution is 7.88. The molecule has 3 rings (SSSR count). The smallest absolute Gasteiger partial charge is 0.207 e. The highest BCUT2D eigenvalue weighted by atomic mass is 35.5. The van der Waals surface area contributed by atoms with Crippen molar-refractivity contribution >= 4 is 38.9 Å². The summed E-state index contributed by atoms with van der Waals surface area (Å²) >= 11 is 12.0. The minimum Gasteiger partial charge on any atom is -0.207 e. The zero-order valence-electron chi connectivity index (χ0n) is 10.9. The lowest BCUT2D eigenvalue weighted by Gasteiger charge is -2.10. The second-order valence-electron chi connectivity index (χ2n) is 4.69. The zero-order valence-corrected chi connectivity index (χ0v) is 13.3. The lowest BCUT2D eigenvalue weighted by atomic mass is 9.98. The fourth-order valence-electron chi connectivity index (χ4n) is 2.13. The largest absolute Gasteiger partial charge is 0.274 e. The van der Waals surface area contributed by atoms with Gasteiger partial charge in [0.15, 0.2) is 0 Å². The molecule has 22 heavy (non-hydrogen) atoms. The third kappa shape index (κ3) is 2.95. The van der Waals surface area contributed by atoms with Crippen molar-refractivity contribution in [3.63, 3.8) is 0 Å². The van der Waals surface area contributed by atoms with E-state index in [0.29, 0.717) is 22.4 Å². The molecular formula is C14H8Cl2FN2O2S. The van der Waals surface area contributed by atoms with Crippen molar-refractivity contribution in [2.75, 3.05) is 0 Å². The van der Waals surface area contributed by atoms with Gasteiger partial charge in [-0.25, -0.2) is 12.8 Å². The Morgan fingerprint density at radius 1 is 1.05 bits per heavy atom. The lowest BCUT2D eigenvalue weighted by molar-refractivity contribution is 0.583. The minimum atomic E-state index is -3.75. The Hall–Kier alpha value is -1.63. The molecule has 0 bridgehead atoms. The highest BCUT2D eigenvalue weighted by Gasteiger charge is 2.25. The van der Waals surface area contributed by atoms with Gasteiger partial charge in [0.25, 0.3) is 10.0 Å². The molecule has 0 fully saturated rings. The topological polar surface area (TPSA) is 60.6 Å². The molecule has 2 aromatic rings. The number of halogens is 3. The molecule has 0 unspecified atom stereocenters. The van der Waals surface area contributed by atoms with Crippen molar-refractivity contribution in [1.29, 1.82) is 0 Å². The van der Waals surface area contributed by atoms with Crippen molar-refractivity contribution in [3.8, 4) is 0 Å². The summed E-state index contributed by atoms with van der Waals surface area (Å²) in [5.74, 6) is -0.732. The Morgan fingerprint density at radius 3 is 2.36 bits per heavy atom. The van der Waals surface area contributed by atoms with Crippen LogP contribution in [0.3, 0.4) is 0 Å². The summed E-state index contributed by atoms with van der Waals surface area (Å²) in [6.07, 6.45) is 0. The standard InChI is InChI=1S/C14H8Cl2FN2O2S/c15-12-5-9-7-22(20,21)19-18-14(11(9)6-13(12)16)8-1-3-10(17)4-2-8/h1-6H,7H2. The monoisotopic (exact) mass is 357 g/mol. The van der Waals surface area contributed by atoms with Crippen LogP contribution in [0.2, 0.25) is 10.0 Å². The number of rotatable bonds is 1. The Kier molecular flexibility index (Phi) is 3.84. The summed E-state index contributed by atoms with van der Waals surface area (Å²) in [4.78, 5) is 3.39. The summed E-state index contributed by atoms with van der Waals surface area (Å²) in [5, 5.41) is 4.34. The lowest BCUT2D eigenvalue weighted by Crippen LogP contribution is -2.12. The Bertz CT molecular complexity index is 880. The van der Waals surface area contributed by atoms with Crippen molar-refractivity contribution in [1.82, 2.24) is 4.83 Å². The van der Waals surface area contributed by atoms with Crippen molar-refractivity contribution in [2.24, 2.45) is 5.10 Å². The predicted octanol–water partition coefficient (Wildman–Crippen LogP) is 3.33. The molecule has 0 spiro atoms. The average molecular weight is 358 g/mol. The van der Waals surface area contributed by atoms with Crippen LogP contribution in [0, 0.1) is 5.82 Å². The maximum atomic E-state index is 13.1. The van der Waals surface area contributed by atoms with Gasteiger partial charge in [0, 0.05) is 11.1 Å². The molecule has 4 nitrogen and oxygen atoms in total. The second kappa shape index (κ2) is 5.53. The van der Waals surface area contributed by atoms with Gasteiger partial charge in [-0.15, -0.1) is 5.10 Å². The van der Waals surface area contributed by atoms with E-state index in [4.69, 9.17) is 23.2 Å². The number of hydrogen-bond donors (Lipinski definition) is 0. The first-order chi connectivity index (χ1) is 10.4. The van der Waals surface area contributed by atoms with Crippen molar-refractivity contribution < 1.29 is 12.8 Å². The molecular weight excluding hydrogens is 350 g/mol. The van der Waals surface area contributed by atoms with Crippen LogP contribution in [0.15, 0.2) is 41.5 Å². The van der Waals surface area contributed by atoms with E-state index in [1.165, 1.54) is 36.4 Å². The van der Waals surface area contributed by atoms with E-state index in [2.05, 4.69) is 9.93 Å². The van der Waals surface area contributed by atoms with Crippen LogP contribution in [-0.2, 0) is 15.8 Å². The minimum absolute atomic E-state index is 0.246. The fraction of sp³-hybridized carbons (Fsp3) is 0.0714. The zero-order chi connectivity index (χ0) is 15.9. The van der Waals surface area contributed by atoms with Crippen molar-refractivity contribution in [3.05, 3.63) is 69.0 Å². The molecule has 0 aromatic heterocycles. The molecule has 2 aromatic carbocycles. The van der Waals surface area contributed by atoms with Gasteiger partial charge in [-0.1, -0.05) is 28.0 Å². The predicted molar refractivity (Wildman–Crippen MR) is 83.3 cm³/mol. The molecule has 0 amide bonds. The van der Waals surface area contributed by atoms with Gasteiger partial charge in [0.05, 0.1) is 15.8 Å². The summed E-state index contributed by atoms with van der Waals surface area (Å²) < 4.78 is 36.8. The van der Waals surface area contributed by atoms with E-state index < -0.39 is 15.8 Å². The van der Waals surface area contributed by atoms with E-state index >= 15 is 0 Å². The number of benzene rings is 2. The van der Waals surface area contributed by atoms with Crippen LogP contribution in [-0.4, -0.2) is 14.1 Å². The summed E-state index contributed by atoms with van der Waals surface area (Å²) in [7, 11) is -3.75. The first kappa shape index (κ1) is 15.3. The molecule has 8 heteroatoms. The summed E-state index contributed by atoms with van der Waals surface area (Å²) in [6, 6.07) is 8.53. The third-order valence-corrected chi connectivity index (χ3v) is 4.85. The van der Waals surface area contributed by atoms with Gasteiger partial charge in [0.2, 0.25) is 0 Å². The van der Waals surface area contributed by atoms with E-state index in [1.54, 1.807) is 0 Å².